The lowest BCUT2D eigenvalue weighted by molar-refractivity contribution is 0.637. The summed E-state index contributed by atoms with van der Waals surface area (Å²) in [5, 5.41) is 8.58. The molecule has 0 aliphatic rings. The molecular formula is C24H20Cl2FN3S. The monoisotopic (exact) mass is 471 g/mol. The van der Waals surface area contributed by atoms with Crippen LogP contribution in [0.1, 0.15) is 12.0 Å². The molecule has 158 valence electrons. The van der Waals surface area contributed by atoms with Crippen LogP contribution in [0, 0.1) is 5.82 Å². The molecule has 0 amide bonds. The molecule has 7 heteroatoms. The summed E-state index contributed by atoms with van der Waals surface area (Å²) in [7, 11) is 0. The second-order valence-electron chi connectivity index (χ2n) is 6.99. The maximum atomic E-state index is 14.5. The number of pyridine rings is 1. The fraction of sp³-hybridized carbons (Fsp3) is 0.125. The largest absolute Gasteiger partial charge is 0.377 e. The molecule has 0 aliphatic heterocycles. The Balaban J connectivity index is 1.40. The number of thiophene rings is 1. The smallest absolute Gasteiger partial charge is 0.159 e. The van der Waals surface area contributed by atoms with E-state index in [1.54, 1.807) is 18.5 Å². The lowest BCUT2D eigenvalue weighted by Gasteiger charge is -2.09. The van der Waals surface area contributed by atoms with Gasteiger partial charge in [0.05, 0.1) is 26.9 Å². The summed E-state index contributed by atoms with van der Waals surface area (Å²) in [5.74, 6) is -0.304. The normalized spacial score (nSPS) is 10.8. The predicted octanol–water partition coefficient (Wildman–Crippen LogP) is 8.04. The SMILES string of the molecule is Fc1cc(NCCCc2ccccc2)sc1Nc1cncc(-c2cccc(Cl)c2Cl)c1. The minimum Gasteiger partial charge on any atom is -0.377 e. The van der Waals surface area contributed by atoms with Gasteiger partial charge in [0.1, 0.15) is 5.00 Å². The van der Waals surface area contributed by atoms with E-state index in [-0.39, 0.29) is 5.82 Å². The zero-order valence-electron chi connectivity index (χ0n) is 16.5. The zero-order valence-corrected chi connectivity index (χ0v) is 18.9. The van der Waals surface area contributed by atoms with Crippen LogP contribution in [0.5, 0.6) is 0 Å². The first kappa shape index (κ1) is 21.6. The third-order valence-electron chi connectivity index (χ3n) is 4.73. The van der Waals surface area contributed by atoms with Crippen LogP contribution in [0.4, 0.5) is 20.1 Å². The van der Waals surface area contributed by atoms with Crippen LogP contribution >= 0.6 is 34.5 Å². The lowest BCUT2D eigenvalue weighted by atomic mass is 10.1. The molecule has 0 saturated heterocycles. The summed E-state index contributed by atoms with van der Waals surface area (Å²) in [4.78, 5) is 4.26. The Kier molecular flexibility index (Phi) is 7.07. The number of hydrogen-bond donors (Lipinski definition) is 2. The molecule has 0 saturated carbocycles. The van der Waals surface area contributed by atoms with E-state index >= 15 is 0 Å². The lowest BCUT2D eigenvalue weighted by Crippen LogP contribution is -2.01. The maximum absolute atomic E-state index is 14.5. The average molecular weight is 472 g/mol. The van der Waals surface area contributed by atoms with Gasteiger partial charge in [-0.2, -0.15) is 0 Å². The second kappa shape index (κ2) is 10.1. The third-order valence-corrected chi connectivity index (χ3v) is 6.53. The summed E-state index contributed by atoms with van der Waals surface area (Å²) in [6.07, 6.45) is 5.30. The van der Waals surface area contributed by atoms with Crippen LogP contribution in [0.2, 0.25) is 10.0 Å². The number of aromatic nitrogens is 1. The van der Waals surface area contributed by atoms with E-state index in [0.29, 0.717) is 20.7 Å². The topological polar surface area (TPSA) is 37.0 Å². The molecule has 4 aromatic rings. The molecule has 4 rings (SSSR count). The minimum absolute atomic E-state index is 0.304. The standard InChI is InChI=1S/C24H20Cl2FN3S/c25-20-10-4-9-19(23(20)26)17-12-18(15-28-14-17)30-24-21(27)13-22(31-24)29-11-5-8-16-6-2-1-3-7-16/h1-4,6-7,9-10,12-15,29-30H,5,8,11H2. The van der Waals surface area contributed by atoms with Gasteiger partial charge >= 0.3 is 0 Å². The summed E-state index contributed by atoms with van der Waals surface area (Å²) >= 11 is 13.8. The number of nitrogens with zero attached hydrogens (tertiary/aromatic N) is 1. The summed E-state index contributed by atoms with van der Waals surface area (Å²) in [6.45, 7) is 0.776. The van der Waals surface area contributed by atoms with Gasteiger partial charge in [-0.25, -0.2) is 4.39 Å². The van der Waals surface area contributed by atoms with E-state index < -0.39 is 0 Å². The number of anilines is 3. The zero-order chi connectivity index (χ0) is 21.6. The van der Waals surface area contributed by atoms with E-state index in [4.69, 9.17) is 23.2 Å². The van der Waals surface area contributed by atoms with E-state index in [1.807, 2.05) is 36.4 Å². The molecule has 0 fully saturated rings. The van der Waals surface area contributed by atoms with Gasteiger partial charge in [0.25, 0.3) is 0 Å². The molecule has 2 N–H and O–H groups in total. The van der Waals surface area contributed by atoms with Crippen LogP contribution in [0.25, 0.3) is 11.1 Å². The van der Waals surface area contributed by atoms with E-state index in [1.165, 1.54) is 23.0 Å². The molecule has 2 aromatic carbocycles. The first-order chi connectivity index (χ1) is 15.1. The van der Waals surface area contributed by atoms with Crippen LogP contribution in [0.15, 0.2) is 73.1 Å². The highest BCUT2D eigenvalue weighted by Crippen LogP contribution is 2.36. The Bertz CT molecular complexity index is 1160. The highest BCUT2D eigenvalue weighted by atomic mass is 35.5. The van der Waals surface area contributed by atoms with E-state index in [2.05, 4.69) is 27.8 Å². The second-order valence-corrected chi connectivity index (χ2v) is 8.83. The van der Waals surface area contributed by atoms with Gasteiger partial charge in [-0.05, 0) is 30.5 Å². The van der Waals surface area contributed by atoms with Crippen LogP contribution in [-0.2, 0) is 6.42 Å². The molecule has 0 atom stereocenters. The Morgan fingerprint density at radius 3 is 2.65 bits per heavy atom. The van der Waals surface area contributed by atoms with Gasteiger partial charge in [0.2, 0.25) is 0 Å². The van der Waals surface area contributed by atoms with Crippen molar-refractivity contribution in [2.45, 2.75) is 12.8 Å². The first-order valence-corrected chi connectivity index (χ1v) is 11.4. The molecule has 0 bridgehead atoms. The Hall–Kier alpha value is -2.60. The Morgan fingerprint density at radius 1 is 0.968 bits per heavy atom. The summed E-state index contributed by atoms with van der Waals surface area (Å²) in [6, 6.07) is 19.2. The van der Waals surface area contributed by atoms with Crippen molar-refractivity contribution in [2.24, 2.45) is 0 Å². The van der Waals surface area contributed by atoms with Crippen molar-refractivity contribution in [2.75, 3.05) is 17.2 Å². The van der Waals surface area contributed by atoms with Crippen molar-refractivity contribution in [3.63, 3.8) is 0 Å². The molecule has 3 nitrogen and oxygen atoms in total. The highest BCUT2D eigenvalue weighted by Gasteiger charge is 2.11. The number of aryl methyl sites for hydroxylation is 1. The van der Waals surface area contributed by atoms with Crippen LogP contribution in [0.3, 0.4) is 0 Å². The van der Waals surface area contributed by atoms with Crippen LogP contribution in [-0.4, -0.2) is 11.5 Å². The van der Waals surface area contributed by atoms with Crippen molar-refractivity contribution in [1.82, 2.24) is 4.98 Å². The predicted molar refractivity (Wildman–Crippen MR) is 131 cm³/mol. The Morgan fingerprint density at radius 2 is 1.81 bits per heavy atom. The van der Waals surface area contributed by atoms with Gasteiger partial charge in [0, 0.05) is 29.9 Å². The molecular weight excluding hydrogens is 452 g/mol. The molecule has 0 spiro atoms. The fourth-order valence-electron chi connectivity index (χ4n) is 3.20. The van der Waals surface area contributed by atoms with Gasteiger partial charge < -0.3 is 10.6 Å². The van der Waals surface area contributed by atoms with Gasteiger partial charge in [-0.1, -0.05) is 77.0 Å². The molecule has 0 unspecified atom stereocenters. The van der Waals surface area contributed by atoms with Crippen molar-refractivity contribution in [1.29, 1.82) is 0 Å². The summed E-state index contributed by atoms with van der Waals surface area (Å²) in [5.41, 5.74) is 3.55. The molecule has 0 radical (unpaired) electrons. The average Bonchev–Trinajstić information content (AvgIpc) is 3.13. The quantitative estimate of drug-likeness (QED) is 0.255. The van der Waals surface area contributed by atoms with Crippen molar-refractivity contribution < 1.29 is 4.39 Å². The minimum atomic E-state index is -0.304. The Labute approximate surface area is 194 Å². The van der Waals surface area contributed by atoms with Crippen molar-refractivity contribution >= 4 is 50.2 Å². The number of rotatable bonds is 8. The number of benzene rings is 2. The molecule has 2 aromatic heterocycles. The van der Waals surface area contributed by atoms with Gasteiger partial charge in [-0.3, -0.25) is 4.98 Å². The first-order valence-electron chi connectivity index (χ1n) is 9.84. The van der Waals surface area contributed by atoms with Crippen molar-refractivity contribution in [3.05, 3.63) is 94.5 Å². The van der Waals surface area contributed by atoms with E-state index in [0.717, 1.165) is 35.5 Å². The summed E-state index contributed by atoms with van der Waals surface area (Å²) < 4.78 is 14.5. The third kappa shape index (κ3) is 5.56. The highest BCUT2D eigenvalue weighted by molar-refractivity contribution is 7.20. The number of hydrogen-bond acceptors (Lipinski definition) is 4. The maximum Gasteiger partial charge on any atom is 0.159 e. The van der Waals surface area contributed by atoms with Gasteiger partial charge in [-0.15, -0.1) is 0 Å². The number of halogens is 3. The fourth-order valence-corrected chi connectivity index (χ4v) is 4.49. The van der Waals surface area contributed by atoms with E-state index in [9.17, 15) is 4.39 Å². The van der Waals surface area contributed by atoms with Crippen LogP contribution < -0.4 is 10.6 Å². The molecule has 2 heterocycles. The molecule has 31 heavy (non-hydrogen) atoms. The number of nitrogens with one attached hydrogen (secondary N) is 2. The van der Waals surface area contributed by atoms with Gasteiger partial charge in [0.15, 0.2) is 5.82 Å². The van der Waals surface area contributed by atoms with Crippen molar-refractivity contribution in [3.8, 4) is 11.1 Å². The molecule has 0 aliphatic carbocycles.